The van der Waals surface area contributed by atoms with E-state index in [2.05, 4.69) is 15.5 Å². The molecule has 1 saturated heterocycles. The zero-order valence-electron chi connectivity index (χ0n) is 11.3. The van der Waals surface area contributed by atoms with Crippen LogP contribution in [0.1, 0.15) is 11.1 Å². The van der Waals surface area contributed by atoms with Gasteiger partial charge in [-0.25, -0.2) is 0 Å². The van der Waals surface area contributed by atoms with E-state index in [0.717, 1.165) is 29.9 Å². The molecule has 1 aromatic carbocycles. The summed E-state index contributed by atoms with van der Waals surface area (Å²) in [5, 5.41) is 6.22. The van der Waals surface area contributed by atoms with Gasteiger partial charge in [-0.1, -0.05) is 18.2 Å². The van der Waals surface area contributed by atoms with Crippen molar-refractivity contribution in [2.24, 2.45) is 0 Å². The predicted octanol–water partition coefficient (Wildman–Crippen LogP) is 1.15. The van der Waals surface area contributed by atoms with Crippen molar-refractivity contribution in [1.29, 1.82) is 0 Å². The van der Waals surface area contributed by atoms with Crippen molar-refractivity contribution in [3.05, 3.63) is 29.3 Å². The summed E-state index contributed by atoms with van der Waals surface area (Å²) < 4.78 is 0. The second-order valence-corrected chi connectivity index (χ2v) is 5.04. The van der Waals surface area contributed by atoms with Gasteiger partial charge in [0.05, 0.1) is 6.54 Å². The fraction of sp³-hybridized carbons (Fsp3) is 0.500. The normalized spacial score (nSPS) is 15.6. The van der Waals surface area contributed by atoms with Crippen LogP contribution in [0.25, 0.3) is 0 Å². The Morgan fingerprint density at radius 3 is 2.50 bits per heavy atom. The molecule has 1 aromatic rings. The monoisotopic (exact) mass is 247 g/mol. The Morgan fingerprint density at radius 1 is 1.39 bits per heavy atom. The van der Waals surface area contributed by atoms with Crippen molar-refractivity contribution in [3.8, 4) is 0 Å². The Balaban J connectivity index is 1.94. The summed E-state index contributed by atoms with van der Waals surface area (Å²) in [6, 6.07) is 6.53. The lowest BCUT2D eigenvalue weighted by molar-refractivity contribution is -0.117. The highest BCUT2D eigenvalue weighted by atomic mass is 16.2. The van der Waals surface area contributed by atoms with Crippen LogP contribution in [0.5, 0.6) is 0 Å². The average Bonchev–Trinajstić information content (AvgIpc) is 2.21. The van der Waals surface area contributed by atoms with Gasteiger partial charge < -0.3 is 10.6 Å². The average molecular weight is 247 g/mol. The number of carbonyl (C=O) groups excluding carboxylic acids is 1. The number of para-hydroxylation sites is 1. The van der Waals surface area contributed by atoms with Crippen molar-refractivity contribution < 1.29 is 4.79 Å². The fourth-order valence-corrected chi connectivity index (χ4v) is 2.13. The molecule has 18 heavy (non-hydrogen) atoms. The number of aryl methyl sites for hydroxylation is 2. The number of rotatable bonds is 4. The summed E-state index contributed by atoms with van der Waals surface area (Å²) in [5.41, 5.74) is 3.16. The van der Waals surface area contributed by atoms with Gasteiger partial charge in [-0.3, -0.25) is 9.69 Å². The highest BCUT2D eigenvalue weighted by Gasteiger charge is 2.23. The molecule has 0 saturated carbocycles. The minimum atomic E-state index is 0.0572. The second-order valence-electron chi connectivity index (χ2n) is 5.04. The molecule has 1 aliphatic heterocycles. The number of carbonyl (C=O) groups is 1. The first-order chi connectivity index (χ1) is 8.58. The van der Waals surface area contributed by atoms with Gasteiger partial charge in [0.1, 0.15) is 0 Å². The van der Waals surface area contributed by atoms with Gasteiger partial charge in [-0.15, -0.1) is 0 Å². The van der Waals surface area contributed by atoms with Crippen LogP contribution in [0.3, 0.4) is 0 Å². The van der Waals surface area contributed by atoms with E-state index in [-0.39, 0.29) is 5.91 Å². The summed E-state index contributed by atoms with van der Waals surface area (Å²) >= 11 is 0. The van der Waals surface area contributed by atoms with Crippen molar-refractivity contribution in [2.45, 2.75) is 19.9 Å². The highest BCUT2D eigenvalue weighted by molar-refractivity contribution is 5.93. The van der Waals surface area contributed by atoms with E-state index in [4.69, 9.17) is 0 Å². The topological polar surface area (TPSA) is 44.4 Å². The Morgan fingerprint density at radius 2 is 2.00 bits per heavy atom. The SMILES string of the molecule is Cc1cccc(C)c1NC(=O)CN(C)C1CNC1. The van der Waals surface area contributed by atoms with E-state index >= 15 is 0 Å². The molecule has 4 nitrogen and oxygen atoms in total. The molecular formula is C14H21N3O. The van der Waals surface area contributed by atoms with Crippen LogP contribution in [0.4, 0.5) is 5.69 Å². The van der Waals surface area contributed by atoms with Gasteiger partial charge in [0.15, 0.2) is 0 Å². The minimum Gasteiger partial charge on any atom is -0.324 e. The van der Waals surface area contributed by atoms with Gasteiger partial charge >= 0.3 is 0 Å². The molecule has 1 heterocycles. The maximum absolute atomic E-state index is 12.0. The third kappa shape index (κ3) is 2.89. The molecule has 0 aliphatic carbocycles. The van der Waals surface area contributed by atoms with E-state index < -0.39 is 0 Å². The van der Waals surface area contributed by atoms with E-state index in [1.165, 1.54) is 0 Å². The minimum absolute atomic E-state index is 0.0572. The number of hydrogen-bond acceptors (Lipinski definition) is 3. The highest BCUT2D eigenvalue weighted by Crippen LogP contribution is 2.19. The zero-order valence-corrected chi connectivity index (χ0v) is 11.3. The van der Waals surface area contributed by atoms with E-state index in [1.54, 1.807) is 0 Å². The molecule has 0 unspecified atom stereocenters. The predicted molar refractivity (Wildman–Crippen MR) is 73.8 cm³/mol. The van der Waals surface area contributed by atoms with Crippen LogP contribution in [-0.4, -0.2) is 43.5 Å². The summed E-state index contributed by atoms with van der Waals surface area (Å²) in [4.78, 5) is 14.1. The summed E-state index contributed by atoms with van der Waals surface area (Å²) in [7, 11) is 2.00. The molecule has 1 fully saturated rings. The zero-order chi connectivity index (χ0) is 13.1. The first-order valence-electron chi connectivity index (χ1n) is 6.35. The lowest BCUT2D eigenvalue weighted by Gasteiger charge is -2.35. The molecule has 1 aliphatic rings. The van der Waals surface area contributed by atoms with Crippen molar-refractivity contribution in [3.63, 3.8) is 0 Å². The maximum Gasteiger partial charge on any atom is 0.238 e. The largest absolute Gasteiger partial charge is 0.324 e. The Hall–Kier alpha value is -1.39. The Labute approximate surface area is 108 Å². The van der Waals surface area contributed by atoms with Crippen LogP contribution in [-0.2, 0) is 4.79 Å². The van der Waals surface area contributed by atoms with Crippen LogP contribution in [0.15, 0.2) is 18.2 Å². The lowest BCUT2D eigenvalue weighted by atomic mass is 10.1. The number of hydrogen-bond donors (Lipinski definition) is 2. The van der Waals surface area contributed by atoms with Gasteiger partial charge in [0, 0.05) is 24.8 Å². The molecule has 0 aromatic heterocycles. The van der Waals surface area contributed by atoms with Gasteiger partial charge in [-0.05, 0) is 32.0 Å². The molecule has 0 atom stereocenters. The molecule has 1 amide bonds. The number of benzene rings is 1. The lowest BCUT2D eigenvalue weighted by Crippen LogP contribution is -2.57. The van der Waals surface area contributed by atoms with Crippen molar-refractivity contribution >= 4 is 11.6 Å². The van der Waals surface area contributed by atoms with Gasteiger partial charge in [0.25, 0.3) is 0 Å². The smallest absolute Gasteiger partial charge is 0.238 e. The van der Waals surface area contributed by atoms with Gasteiger partial charge in [0.2, 0.25) is 5.91 Å². The number of anilines is 1. The van der Waals surface area contributed by atoms with Crippen LogP contribution in [0.2, 0.25) is 0 Å². The molecule has 0 bridgehead atoms. The number of nitrogens with zero attached hydrogens (tertiary/aromatic N) is 1. The van der Waals surface area contributed by atoms with Gasteiger partial charge in [-0.2, -0.15) is 0 Å². The van der Waals surface area contributed by atoms with Crippen molar-refractivity contribution in [1.82, 2.24) is 10.2 Å². The molecular weight excluding hydrogens is 226 g/mol. The van der Waals surface area contributed by atoms with E-state index in [1.807, 2.05) is 39.1 Å². The molecule has 2 rings (SSSR count). The summed E-state index contributed by atoms with van der Waals surface area (Å²) in [6.45, 7) is 6.44. The Bertz CT molecular complexity index is 420. The Kier molecular flexibility index (Phi) is 3.99. The van der Waals surface area contributed by atoms with Crippen molar-refractivity contribution in [2.75, 3.05) is 32.0 Å². The molecule has 0 radical (unpaired) electrons. The molecule has 98 valence electrons. The molecule has 2 N–H and O–H groups in total. The fourth-order valence-electron chi connectivity index (χ4n) is 2.13. The van der Waals surface area contributed by atoms with E-state index in [9.17, 15) is 4.79 Å². The van der Waals surface area contributed by atoms with E-state index in [0.29, 0.717) is 12.6 Å². The molecule has 0 spiro atoms. The maximum atomic E-state index is 12.0. The number of nitrogens with one attached hydrogen (secondary N) is 2. The number of likely N-dealkylation sites (N-methyl/N-ethyl adjacent to an activating group) is 1. The first-order valence-corrected chi connectivity index (χ1v) is 6.35. The summed E-state index contributed by atoms with van der Waals surface area (Å²) in [5.74, 6) is 0.0572. The standard InChI is InChI=1S/C14H21N3O/c1-10-5-4-6-11(2)14(10)16-13(18)9-17(3)12-7-15-8-12/h4-6,12,15H,7-9H2,1-3H3,(H,16,18). The summed E-state index contributed by atoms with van der Waals surface area (Å²) in [6.07, 6.45) is 0. The first kappa shape index (κ1) is 13.1. The quantitative estimate of drug-likeness (QED) is 0.839. The van der Waals surface area contributed by atoms with Crippen LogP contribution in [0, 0.1) is 13.8 Å². The van der Waals surface area contributed by atoms with Crippen LogP contribution < -0.4 is 10.6 Å². The second kappa shape index (κ2) is 5.50. The third-order valence-corrected chi connectivity index (χ3v) is 3.52. The number of amides is 1. The van der Waals surface area contributed by atoms with Crippen LogP contribution >= 0.6 is 0 Å². The molecule has 4 heteroatoms. The third-order valence-electron chi connectivity index (χ3n) is 3.52.